The van der Waals surface area contributed by atoms with Crippen LogP contribution in [-0.4, -0.2) is 49.9 Å². The summed E-state index contributed by atoms with van der Waals surface area (Å²) in [6.45, 7) is 3.42. The standard InChI is InChI=1S/C12H19N3O/c1-10(16)11-5-6-13-12(9-11)15(4)8-7-14(2)3/h5-6,9H,7-8H2,1-4H3. The average molecular weight is 221 g/mol. The van der Waals surface area contributed by atoms with E-state index in [0.29, 0.717) is 5.56 Å². The number of anilines is 1. The van der Waals surface area contributed by atoms with Crippen molar-refractivity contribution in [3.05, 3.63) is 23.9 Å². The Bertz CT molecular complexity index is 363. The summed E-state index contributed by atoms with van der Waals surface area (Å²) in [5.74, 6) is 0.916. The zero-order valence-electron chi connectivity index (χ0n) is 10.4. The highest BCUT2D eigenvalue weighted by Crippen LogP contribution is 2.11. The van der Waals surface area contributed by atoms with Gasteiger partial charge < -0.3 is 9.80 Å². The number of aromatic nitrogens is 1. The van der Waals surface area contributed by atoms with Crippen molar-refractivity contribution in [1.82, 2.24) is 9.88 Å². The number of ketones is 1. The fourth-order valence-electron chi connectivity index (χ4n) is 1.31. The van der Waals surface area contributed by atoms with Crippen molar-refractivity contribution in [2.24, 2.45) is 0 Å². The van der Waals surface area contributed by atoms with E-state index in [9.17, 15) is 4.79 Å². The average Bonchev–Trinajstić information content (AvgIpc) is 2.26. The largest absolute Gasteiger partial charge is 0.358 e. The Morgan fingerprint density at radius 1 is 1.31 bits per heavy atom. The van der Waals surface area contributed by atoms with Crippen LogP contribution >= 0.6 is 0 Å². The normalized spacial score (nSPS) is 10.6. The highest BCUT2D eigenvalue weighted by molar-refractivity contribution is 5.94. The maximum Gasteiger partial charge on any atom is 0.159 e. The summed E-state index contributed by atoms with van der Waals surface area (Å²) in [7, 11) is 6.05. The van der Waals surface area contributed by atoms with Crippen LogP contribution in [0.2, 0.25) is 0 Å². The van der Waals surface area contributed by atoms with Crippen LogP contribution < -0.4 is 4.90 Å². The Hall–Kier alpha value is -1.42. The first-order valence-corrected chi connectivity index (χ1v) is 5.33. The Balaban J connectivity index is 2.71. The topological polar surface area (TPSA) is 36.4 Å². The van der Waals surface area contributed by atoms with Crippen molar-refractivity contribution in [2.75, 3.05) is 39.1 Å². The van der Waals surface area contributed by atoms with Gasteiger partial charge in [-0.15, -0.1) is 0 Å². The van der Waals surface area contributed by atoms with Gasteiger partial charge in [0.2, 0.25) is 0 Å². The van der Waals surface area contributed by atoms with Gasteiger partial charge >= 0.3 is 0 Å². The third kappa shape index (κ3) is 3.62. The van der Waals surface area contributed by atoms with Crippen LogP contribution in [-0.2, 0) is 0 Å². The number of Topliss-reactive ketones (excluding diaryl/α,β-unsaturated/α-hetero) is 1. The molecule has 0 spiro atoms. The predicted octanol–water partition coefficient (Wildman–Crippen LogP) is 1.28. The van der Waals surface area contributed by atoms with Crippen molar-refractivity contribution in [3.8, 4) is 0 Å². The first-order chi connectivity index (χ1) is 7.50. The van der Waals surface area contributed by atoms with Gasteiger partial charge in [-0.25, -0.2) is 4.98 Å². The highest BCUT2D eigenvalue weighted by atomic mass is 16.1. The molecule has 4 heteroatoms. The highest BCUT2D eigenvalue weighted by Gasteiger charge is 2.05. The van der Waals surface area contributed by atoms with E-state index in [1.807, 2.05) is 32.1 Å². The smallest absolute Gasteiger partial charge is 0.159 e. The number of hydrogen-bond acceptors (Lipinski definition) is 4. The molecule has 0 amide bonds. The van der Waals surface area contributed by atoms with Crippen LogP contribution in [0.25, 0.3) is 0 Å². The first-order valence-electron chi connectivity index (χ1n) is 5.33. The summed E-state index contributed by atoms with van der Waals surface area (Å²) in [6, 6.07) is 3.57. The molecule has 0 saturated heterocycles. The summed E-state index contributed by atoms with van der Waals surface area (Å²) < 4.78 is 0. The second-order valence-corrected chi connectivity index (χ2v) is 4.18. The lowest BCUT2D eigenvalue weighted by molar-refractivity contribution is 0.101. The van der Waals surface area contributed by atoms with E-state index in [-0.39, 0.29) is 5.78 Å². The third-order valence-corrected chi connectivity index (χ3v) is 2.43. The second kappa shape index (κ2) is 5.61. The van der Waals surface area contributed by atoms with E-state index < -0.39 is 0 Å². The maximum absolute atomic E-state index is 11.2. The zero-order valence-corrected chi connectivity index (χ0v) is 10.4. The molecule has 0 aliphatic rings. The van der Waals surface area contributed by atoms with Crippen molar-refractivity contribution in [3.63, 3.8) is 0 Å². The molecule has 0 radical (unpaired) electrons. The number of hydrogen-bond donors (Lipinski definition) is 0. The van der Waals surface area contributed by atoms with Crippen molar-refractivity contribution in [1.29, 1.82) is 0 Å². The molecule has 1 heterocycles. The van der Waals surface area contributed by atoms with Crippen molar-refractivity contribution in [2.45, 2.75) is 6.92 Å². The number of rotatable bonds is 5. The molecule has 1 aromatic heterocycles. The molecule has 0 aliphatic carbocycles. The molecule has 4 nitrogen and oxygen atoms in total. The molecule has 0 bridgehead atoms. The number of carbonyl (C=O) groups is 1. The molecular formula is C12H19N3O. The van der Waals surface area contributed by atoms with Gasteiger partial charge in [0.15, 0.2) is 5.78 Å². The summed E-state index contributed by atoms with van der Waals surface area (Å²) in [6.07, 6.45) is 1.68. The van der Waals surface area contributed by atoms with Gasteiger partial charge in [-0.1, -0.05) is 0 Å². The lowest BCUT2D eigenvalue weighted by Gasteiger charge is -2.20. The van der Waals surface area contributed by atoms with E-state index in [1.54, 1.807) is 19.2 Å². The molecule has 0 atom stereocenters. The third-order valence-electron chi connectivity index (χ3n) is 2.43. The van der Waals surface area contributed by atoms with E-state index in [2.05, 4.69) is 9.88 Å². The van der Waals surface area contributed by atoms with Gasteiger partial charge in [0.05, 0.1) is 0 Å². The minimum absolute atomic E-state index is 0.0738. The minimum Gasteiger partial charge on any atom is -0.358 e. The molecule has 0 saturated carbocycles. The van der Waals surface area contributed by atoms with Gasteiger partial charge in [0.25, 0.3) is 0 Å². The van der Waals surface area contributed by atoms with Gasteiger partial charge in [0, 0.05) is 31.9 Å². The van der Waals surface area contributed by atoms with Crippen LogP contribution in [0.1, 0.15) is 17.3 Å². The van der Waals surface area contributed by atoms with Crippen LogP contribution in [0.3, 0.4) is 0 Å². The molecule has 1 rings (SSSR count). The molecule has 88 valence electrons. The van der Waals surface area contributed by atoms with Crippen molar-refractivity contribution < 1.29 is 4.79 Å². The van der Waals surface area contributed by atoms with Gasteiger partial charge in [0.1, 0.15) is 5.82 Å². The molecule has 1 aromatic rings. The quantitative estimate of drug-likeness (QED) is 0.702. The minimum atomic E-state index is 0.0738. The predicted molar refractivity (Wildman–Crippen MR) is 66.1 cm³/mol. The number of carbonyl (C=O) groups excluding carboxylic acids is 1. The zero-order chi connectivity index (χ0) is 12.1. The number of likely N-dealkylation sites (N-methyl/N-ethyl adjacent to an activating group) is 2. The molecule has 0 N–H and O–H groups in total. The fraction of sp³-hybridized carbons (Fsp3) is 0.500. The van der Waals surface area contributed by atoms with Crippen LogP contribution in [0.5, 0.6) is 0 Å². The van der Waals surface area contributed by atoms with Gasteiger partial charge in [-0.3, -0.25) is 4.79 Å². The number of pyridine rings is 1. The fourth-order valence-corrected chi connectivity index (χ4v) is 1.31. The van der Waals surface area contributed by atoms with Gasteiger partial charge in [-0.2, -0.15) is 0 Å². The molecule has 0 fully saturated rings. The molecule has 0 unspecified atom stereocenters. The number of nitrogens with zero attached hydrogens (tertiary/aromatic N) is 3. The summed E-state index contributed by atoms with van der Waals surface area (Å²) in [5.41, 5.74) is 0.710. The Labute approximate surface area is 96.9 Å². The Kier molecular flexibility index (Phi) is 4.43. The SMILES string of the molecule is CC(=O)c1ccnc(N(C)CCN(C)C)c1. The molecule has 16 heavy (non-hydrogen) atoms. The summed E-state index contributed by atoms with van der Waals surface area (Å²) >= 11 is 0. The maximum atomic E-state index is 11.2. The van der Waals surface area contributed by atoms with E-state index in [1.165, 1.54) is 0 Å². The summed E-state index contributed by atoms with van der Waals surface area (Å²) in [4.78, 5) is 19.7. The molecular weight excluding hydrogens is 202 g/mol. The Morgan fingerprint density at radius 2 is 2.00 bits per heavy atom. The van der Waals surface area contributed by atoms with Crippen molar-refractivity contribution >= 4 is 11.6 Å². The van der Waals surface area contributed by atoms with E-state index in [4.69, 9.17) is 0 Å². The summed E-state index contributed by atoms with van der Waals surface area (Å²) in [5, 5.41) is 0. The van der Waals surface area contributed by atoms with Crippen LogP contribution in [0, 0.1) is 0 Å². The van der Waals surface area contributed by atoms with E-state index in [0.717, 1.165) is 18.9 Å². The molecule has 0 aliphatic heterocycles. The van der Waals surface area contributed by atoms with Gasteiger partial charge in [-0.05, 0) is 33.2 Å². The van der Waals surface area contributed by atoms with E-state index >= 15 is 0 Å². The lowest BCUT2D eigenvalue weighted by atomic mass is 10.2. The monoisotopic (exact) mass is 221 g/mol. The lowest BCUT2D eigenvalue weighted by Crippen LogP contribution is -2.29. The Morgan fingerprint density at radius 3 is 2.56 bits per heavy atom. The first kappa shape index (κ1) is 12.6. The molecule has 0 aromatic carbocycles. The van der Waals surface area contributed by atoms with Crippen LogP contribution in [0.4, 0.5) is 5.82 Å². The van der Waals surface area contributed by atoms with Crippen LogP contribution in [0.15, 0.2) is 18.3 Å². The second-order valence-electron chi connectivity index (χ2n) is 4.18.